The second-order valence-corrected chi connectivity index (χ2v) is 4.53. The van der Waals surface area contributed by atoms with Crippen LogP contribution in [0.2, 0.25) is 5.02 Å². The van der Waals surface area contributed by atoms with Crippen LogP contribution in [-0.4, -0.2) is 18.5 Å². The number of hydrogen-bond acceptors (Lipinski definition) is 2. The van der Waals surface area contributed by atoms with Gasteiger partial charge >= 0.3 is 0 Å². The largest absolute Gasteiger partial charge is 0.368 e. The molecule has 5 heteroatoms. The van der Waals surface area contributed by atoms with Crippen molar-refractivity contribution in [1.82, 2.24) is 5.32 Å². The van der Waals surface area contributed by atoms with Gasteiger partial charge in [-0.1, -0.05) is 17.7 Å². The maximum atomic E-state index is 13.0. The molecule has 3 N–H and O–H groups in total. The Kier molecular flexibility index (Phi) is 3.64. The lowest BCUT2D eigenvalue weighted by Crippen LogP contribution is -2.40. The molecular formula is C12H13ClFN2O. The molecule has 1 amide bonds. The second kappa shape index (κ2) is 5.02. The lowest BCUT2D eigenvalue weighted by molar-refractivity contribution is -0.120. The van der Waals surface area contributed by atoms with Crippen molar-refractivity contribution in [3.8, 4) is 0 Å². The average Bonchev–Trinajstić information content (AvgIpc) is 2.72. The molecule has 91 valence electrons. The van der Waals surface area contributed by atoms with Crippen LogP contribution >= 0.6 is 11.6 Å². The molecule has 1 fully saturated rings. The van der Waals surface area contributed by atoms with Crippen molar-refractivity contribution >= 4 is 17.5 Å². The Bertz CT molecular complexity index is 439. The summed E-state index contributed by atoms with van der Waals surface area (Å²) in [5.41, 5.74) is 6.09. The monoisotopic (exact) mass is 255 g/mol. The van der Waals surface area contributed by atoms with Crippen LogP contribution in [0.5, 0.6) is 0 Å². The number of rotatable bonds is 3. The highest BCUT2D eigenvalue weighted by molar-refractivity contribution is 6.30. The fraction of sp³-hybridized carbons (Fsp3) is 0.333. The number of nitrogens with one attached hydrogen (secondary N) is 1. The zero-order valence-electron chi connectivity index (χ0n) is 9.12. The van der Waals surface area contributed by atoms with E-state index in [0.717, 1.165) is 18.5 Å². The number of benzene rings is 1. The van der Waals surface area contributed by atoms with E-state index in [1.54, 1.807) is 12.1 Å². The highest BCUT2D eigenvalue weighted by Crippen LogP contribution is 2.25. The van der Waals surface area contributed by atoms with Gasteiger partial charge in [0.2, 0.25) is 5.91 Å². The summed E-state index contributed by atoms with van der Waals surface area (Å²) in [5, 5.41) is 3.12. The van der Waals surface area contributed by atoms with Crippen molar-refractivity contribution in [3.05, 3.63) is 41.0 Å². The van der Waals surface area contributed by atoms with E-state index in [2.05, 4.69) is 5.32 Å². The molecule has 3 nitrogen and oxygen atoms in total. The van der Waals surface area contributed by atoms with Gasteiger partial charge in [0.1, 0.15) is 5.82 Å². The van der Waals surface area contributed by atoms with Crippen molar-refractivity contribution in [2.45, 2.75) is 12.5 Å². The zero-order valence-corrected chi connectivity index (χ0v) is 9.88. The van der Waals surface area contributed by atoms with Crippen molar-refractivity contribution in [2.24, 2.45) is 11.7 Å². The van der Waals surface area contributed by atoms with Gasteiger partial charge in [-0.25, -0.2) is 4.39 Å². The maximum Gasteiger partial charge on any atom is 0.234 e. The quantitative estimate of drug-likeness (QED) is 0.860. The molecule has 1 aromatic rings. The van der Waals surface area contributed by atoms with Crippen molar-refractivity contribution in [1.29, 1.82) is 0 Å². The number of amides is 1. The van der Waals surface area contributed by atoms with Crippen LogP contribution in [0, 0.1) is 18.2 Å². The van der Waals surface area contributed by atoms with Crippen LogP contribution in [0.25, 0.3) is 0 Å². The maximum absolute atomic E-state index is 13.0. The summed E-state index contributed by atoms with van der Waals surface area (Å²) in [4.78, 5) is 11.2. The van der Waals surface area contributed by atoms with Crippen LogP contribution in [0.1, 0.15) is 12.0 Å². The Morgan fingerprint density at radius 1 is 1.59 bits per heavy atom. The normalized spacial score (nSPS) is 23.9. The fourth-order valence-electron chi connectivity index (χ4n) is 2.08. The van der Waals surface area contributed by atoms with Crippen molar-refractivity contribution in [2.75, 3.05) is 6.54 Å². The van der Waals surface area contributed by atoms with Gasteiger partial charge in [0.15, 0.2) is 0 Å². The molecule has 0 saturated carbocycles. The fourth-order valence-corrected chi connectivity index (χ4v) is 2.27. The number of carbonyl (C=O) groups is 1. The third kappa shape index (κ3) is 2.76. The van der Waals surface area contributed by atoms with E-state index in [1.807, 2.05) is 6.42 Å². The lowest BCUT2D eigenvalue weighted by atomic mass is 9.92. The van der Waals surface area contributed by atoms with Gasteiger partial charge in [-0.15, -0.1) is 0 Å². The van der Waals surface area contributed by atoms with Gasteiger partial charge in [-0.2, -0.15) is 0 Å². The predicted octanol–water partition coefficient (Wildman–Crippen LogP) is 1.49. The Hall–Kier alpha value is -1.13. The Balaban J connectivity index is 2.09. The summed E-state index contributed by atoms with van der Waals surface area (Å²) in [7, 11) is 0. The first-order valence-electron chi connectivity index (χ1n) is 5.40. The molecule has 0 unspecified atom stereocenters. The molecule has 0 aromatic heterocycles. The molecule has 1 aliphatic heterocycles. The summed E-state index contributed by atoms with van der Waals surface area (Å²) >= 11 is 5.70. The number of halogens is 2. The summed E-state index contributed by atoms with van der Waals surface area (Å²) in [6, 6.07) is 4.15. The number of carbonyl (C=O) groups excluding carboxylic acids is 1. The Labute approximate surface area is 104 Å². The highest BCUT2D eigenvalue weighted by atomic mass is 35.5. The summed E-state index contributed by atoms with van der Waals surface area (Å²) in [6.45, 7) is 0.754. The van der Waals surface area contributed by atoms with Gasteiger partial charge in [-0.3, -0.25) is 4.79 Å². The molecule has 1 aromatic carbocycles. The van der Waals surface area contributed by atoms with E-state index in [0.29, 0.717) is 0 Å². The molecule has 0 spiro atoms. The van der Waals surface area contributed by atoms with Gasteiger partial charge in [0.05, 0.1) is 11.1 Å². The van der Waals surface area contributed by atoms with Crippen molar-refractivity contribution < 1.29 is 9.18 Å². The first kappa shape index (κ1) is 12.3. The summed E-state index contributed by atoms with van der Waals surface area (Å²) < 4.78 is 13.0. The van der Waals surface area contributed by atoms with Crippen LogP contribution < -0.4 is 11.1 Å². The summed E-state index contributed by atoms with van der Waals surface area (Å²) in [6.07, 6.45) is 2.74. The first-order chi connectivity index (χ1) is 8.08. The molecule has 2 rings (SSSR count). The Morgan fingerprint density at radius 2 is 2.35 bits per heavy atom. The minimum atomic E-state index is -0.445. The molecule has 0 aliphatic carbocycles. The molecular weight excluding hydrogens is 243 g/mol. The van der Waals surface area contributed by atoms with E-state index in [1.165, 1.54) is 6.07 Å². The highest BCUT2D eigenvalue weighted by Gasteiger charge is 2.31. The minimum Gasteiger partial charge on any atom is -0.368 e. The van der Waals surface area contributed by atoms with E-state index in [4.69, 9.17) is 17.3 Å². The molecule has 1 heterocycles. The smallest absolute Gasteiger partial charge is 0.234 e. The lowest BCUT2D eigenvalue weighted by Gasteiger charge is -2.16. The molecule has 1 radical (unpaired) electrons. The first-order valence-corrected chi connectivity index (χ1v) is 5.78. The van der Waals surface area contributed by atoms with Crippen LogP contribution in [0.3, 0.4) is 0 Å². The van der Waals surface area contributed by atoms with Crippen molar-refractivity contribution in [3.63, 3.8) is 0 Å². The standard InChI is InChI=1S/C12H13ClFN2O/c13-9-6-7(1-2-10(9)14)5-8-3-4-16-11(8)12(15)17/h1-2,5-6,8,11,16H,3-4H2,(H2,15,17)/t8-,11-/m1/s1. The zero-order chi connectivity index (χ0) is 12.4. The second-order valence-electron chi connectivity index (χ2n) is 4.13. The van der Waals surface area contributed by atoms with Gasteiger partial charge in [0, 0.05) is 0 Å². The number of hydrogen-bond donors (Lipinski definition) is 2. The molecule has 1 saturated heterocycles. The van der Waals surface area contributed by atoms with E-state index >= 15 is 0 Å². The molecule has 2 atom stereocenters. The molecule has 1 aliphatic rings. The predicted molar refractivity (Wildman–Crippen MR) is 63.9 cm³/mol. The van der Waals surface area contributed by atoms with Crippen LogP contribution in [0.4, 0.5) is 4.39 Å². The SMILES string of the molecule is NC(=O)[C@@H]1NCC[C@@H]1[CH]c1ccc(F)c(Cl)c1. The third-order valence-corrected chi connectivity index (χ3v) is 3.22. The van der Waals surface area contributed by atoms with Gasteiger partial charge in [-0.05, 0) is 43.0 Å². The summed E-state index contributed by atoms with van der Waals surface area (Å²) in [5.74, 6) is -0.772. The average molecular weight is 256 g/mol. The topological polar surface area (TPSA) is 55.1 Å². The Morgan fingerprint density at radius 3 is 3.00 bits per heavy atom. The van der Waals surface area contributed by atoms with Gasteiger partial charge < -0.3 is 11.1 Å². The number of nitrogens with two attached hydrogens (primary N) is 1. The number of primary amides is 1. The molecule has 0 bridgehead atoms. The minimum absolute atomic E-state index is 0.0361. The van der Waals surface area contributed by atoms with Gasteiger partial charge in [0.25, 0.3) is 0 Å². The van der Waals surface area contributed by atoms with E-state index in [-0.39, 0.29) is 22.9 Å². The van der Waals surface area contributed by atoms with E-state index in [9.17, 15) is 9.18 Å². The van der Waals surface area contributed by atoms with Crippen LogP contribution in [0.15, 0.2) is 18.2 Å². The third-order valence-electron chi connectivity index (χ3n) is 2.93. The van der Waals surface area contributed by atoms with Crippen LogP contribution in [-0.2, 0) is 4.79 Å². The van der Waals surface area contributed by atoms with E-state index < -0.39 is 5.82 Å². The molecule has 17 heavy (non-hydrogen) atoms.